The fourth-order valence-corrected chi connectivity index (χ4v) is 1.32. The van der Waals surface area contributed by atoms with Gasteiger partial charge in [-0.1, -0.05) is 0 Å². The Balaban J connectivity index is 2.10. The van der Waals surface area contributed by atoms with Crippen LogP contribution in [0.2, 0.25) is 0 Å². The molecule has 1 heterocycles. The lowest BCUT2D eigenvalue weighted by molar-refractivity contribution is 0.0173. The van der Waals surface area contributed by atoms with Crippen LogP contribution in [-0.4, -0.2) is 56.7 Å². The number of rotatable bonds is 10. The predicted molar refractivity (Wildman–Crippen MR) is 70.5 cm³/mol. The summed E-state index contributed by atoms with van der Waals surface area (Å²) in [6.45, 7) is 4.66. The monoisotopic (exact) mass is 281 g/mol. The molecule has 0 saturated heterocycles. The molecule has 0 bridgehead atoms. The average Bonchev–Trinajstić information content (AvgIpc) is 2.45. The Labute approximate surface area is 118 Å². The molecule has 0 aliphatic carbocycles. The summed E-state index contributed by atoms with van der Waals surface area (Å²) in [6.07, 6.45) is 0. The van der Waals surface area contributed by atoms with Gasteiger partial charge < -0.3 is 18.9 Å². The van der Waals surface area contributed by atoms with E-state index in [2.05, 4.69) is 9.97 Å². The van der Waals surface area contributed by atoms with Gasteiger partial charge >= 0.3 is 6.01 Å². The molecule has 20 heavy (non-hydrogen) atoms. The summed E-state index contributed by atoms with van der Waals surface area (Å²) in [5, 5.41) is 8.77. The molecule has 7 nitrogen and oxygen atoms in total. The van der Waals surface area contributed by atoms with Crippen molar-refractivity contribution in [3.05, 3.63) is 17.5 Å². The summed E-state index contributed by atoms with van der Waals surface area (Å²) in [5.41, 5.74) is 0.985. The molecule has 0 unspecified atom stereocenters. The van der Waals surface area contributed by atoms with Crippen molar-refractivity contribution in [2.45, 2.75) is 6.92 Å². The van der Waals surface area contributed by atoms with Gasteiger partial charge in [0.1, 0.15) is 18.4 Å². The third-order valence-corrected chi connectivity index (χ3v) is 2.21. The molecule has 0 radical (unpaired) electrons. The minimum atomic E-state index is 0.196. The lowest BCUT2D eigenvalue weighted by Crippen LogP contribution is -2.13. The number of nitrogens with zero attached hydrogens (tertiary/aromatic N) is 3. The highest BCUT2D eigenvalue weighted by molar-refractivity contribution is 5.23. The van der Waals surface area contributed by atoms with E-state index in [1.807, 2.05) is 6.07 Å². The summed E-state index contributed by atoms with van der Waals surface area (Å²) >= 11 is 0. The fourth-order valence-electron chi connectivity index (χ4n) is 1.32. The van der Waals surface area contributed by atoms with Gasteiger partial charge in [0.05, 0.1) is 33.0 Å². The van der Waals surface area contributed by atoms with Gasteiger partial charge in [-0.3, -0.25) is 0 Å². The van der Waals surface area contributed by atoms with Crippen LogP contribution in [0.1, 0.15) is 11.4 Å². The van der Waals surface area contributed by atoms with Crippen LogP contribution in [0.25, 0.3) is 0 Å². The predicted octanol–water partition coefficient (Wildman–Crippen LogP) is 0.715. The van der Waals surface area contributed by atoms with Crippen molar-refractivity contribution in [1.29, 1.82) is 5.26 Å². The minimum Gasteiger partial charge on any atom is -0.461 e. The van der Waals surface area contributed by atoms with Gasteiger partial charge in [0.25, 0.3) is 0 Å². The van der Waals surface area contributed by atoms with Gasteiger partial charge in [-0.15, -0.1) is 0 Å². The van der Waals surface area contributed by atoms with Crippen LogP contribution in [0.5, 0.6) is 6.01 Å². The fraction of sp³-hybridized carbons (Fsp3) is 0.615. The lowest BCUT2D eigenvalue weighted by atomic mass is 10.3. The van der Waals surface area contributed by atoms with Crippen LogP contribution in [0.4, 0.5) is 0 Å². The highest BCUT2D eigenvalue weighted by Crippen LogP contribution is 2.05. The molecule has 1 rings (SSSR count). The number of hydrogen-bond donors (Lipinski definition) is 0. The number of methoxy groups -OCH3 is 1. The van der Waals surface area contributed by atoms with E-state index in [-0.39, 0.29) is 6.01 Å². The minimum absolute atomic E-state index is 0.196. The van der Waals surface area contributed by atoms with Crippen molar-refractivity contribution in [3.63, 3.8) is 0 Å². The molecular weight excluding hydrogens is 262 g/mol. The maximum atomic E-state index is 8.77. The number of hydrogen-bond acceptors (Lipinski definition) is 7. The molecule has 1 aromatic heterocycles. The normalized spacial score (nSPS) is 10.2. The number of nitriles is 1. The van der Waals surface area contributed by atoms with E-state index in [0.717, 1.165) is 0 Å². The number of ether oxygens (including phenoxy) is 4. The van der Waals surface area contributed by atoms with Gasteiger partial charge in [0.15, 0.2) is 0 Å². The molecular formula is C13H19N3O4. The molecule has 0 aliphatic rings. The second-order valence-corrected chi connectivity index (χ2v) is 3.85. The van der Waals surface area contributed by atoms with Crippen molar-refractivity contribution in [1.82, 2.24) is 9.97 Å². The van der Waals surface area contributed by atoms with Gasteiger partial charge in [0, 0.05) is 12.8 Å². The number of aryl methyl sites for hydroxylation is 1. The van der Waals surface area contributed by atoms with Crippen molar-refractivity contribution in [2.24, 2.45) is 0 Å². The standard InChI is InChI=1S/C13H19N3O4/c1-11-9-12(10-14)16-13(15-11)20-8-7-19-6-5-18-4-3-17-2/h9H,3-8H2,1-2H3. The van der Waals surface area contributed by atoms with Crippen LogP contribution in [-0.2, 0) is 14.2 Å². The van der Waals surface area contributed by atoms with Gasteiger partial charge in [-0.05, 0) is 13.0 Å². The summed E-state index contributed by atoms with van der Waals surface area (Å²) in [6, 6.07) is 3.75. The van der Waals surface area contributed by atoms with E-state index in [0.29, 0.717) is 51.0 Å². The second-order valence-electron chi connectivity index (χ2n) is 3.85. The molecule has 1 aromatic rings. The molecule has 0 spiro atoms. The lowest BCUT2D eigenvalue weighted by Gasteiger charge is -2.07. The summed E-state index contributed by atoms with van der Waals surface area (Å²) in [4.78, 5) is 8.00. The van der Waals surface area contributed by atoms with Gasteiger partial charge in [-0.25, -0.2) is 4.98 Å². The van der Waals surface area contributed by atoms with Crippen LogP contribution >= 0.6 is 0 Å². The summed E-state index contributed by atoms with van der Waals surface area (Å²) in [5.74, 6) is 0. The summed E-state index contributed by atoms with van der Waals surface area (Å²) in [7, 11) is 1.63. The highest BCUT2D eigenvalue weighted by Gasteiger charge is 2.02. The second kappa shape index (κ2) is 10.1. The quantitative estimate of drug-likeness (QED) is 0.584. The van der Waals surface area contributed by atoms with Crippen LogP contribution < -0.4 is 4.74 Å². The van der Waals surface area contributed by atoms with E-state index in [1.165, 1.54) is 0 Å². The van der Waals surface area contributed by atoms with E-state index in [9.17, 15) is 0 Å². The van der Waals surface area contributed by atoms with Crippen LogP contribution in [0.3, 0.4) is 0 Å². The molecule has 0 fully saturated rings. The highest BCUT2D eigenvalue weighted by atomic mass is 16.6. The zero-order valence-electron chi connectivity index (χ0n) is 11.8. The Hall–Kier alpha value is -1.75. The first-order chi connectivity index (χ1) is 9.76. The van der Waals surface area contributed by atoms with E-state index in [4.69, 9.17) is 24.2 Å². The Bertz CT molecular complexity index is 434. The first-order valence-corrected chi connectivity index (χ1v) is 6.29. The van der Waals surface area contributed by atoms with Crippen molar-refractivity contribution in [2.75, 3.05) is 46.8 Å². The Kier molecular flexibility index (Phi) is 8.22. The smallest absolute Gasteiger partial charge is 0.317 e. The van der Waals surface area contributed by atoms with Crippen molar-refractivity contribution >= 4 is 0 Å². The van der Waals surface area contributed by atoms with Crippen LogP contribution in [0, 0.1) is 18.3 Å². The molecule has 0 amide bonds. The van der Waals surface area contributed by atoms with Gasteiger partial charge in [-0.2, -0.15) is 10.2 Å². The van der Waals surface area contributed by atoms with E-state index >= 15 is 0 Å². The Morgan fingerprint density at radius 2 is 1.70 bits per heavy atom. The molecule has 110 valence electrons. The largest absolute Gasteiger partial charge is 0.461 e. The van der Waals surface area contributed by atoms with Crippen molar-refractivity contribution in [3.8, 4) is 12.1 Å². The number of aromatic nitrogens is 2. The zero-order chi connectivity index (χ0) is 14.6. The topological polar surface area (TPSA) is 86.5 Å². The molecule has 0 saturated carbocycles. The third kappa shape index (κ3) is 6.99. The molecule has 0 aliphatic heterocycles. The van der Waals surface area contributed by atoms with E-state index in [1.54, 1.807) is 20.1 Å². The molecule has 0 N–H and O–H groups in total. The summed E-state index contributed by atoms with van der Waals surface area (Å²) < 4.78 is 20.7. The maximum Gasteiger partial charge on any atom is 0.317 e. The SMILES string of the molecule is COCCOCCOCCOc1nc(C)cc(C#N)n1. The Morgan fingerprint density at radius 1 is 1.05 bits per heavy atom. The first kappa shape index (κ1) is 16.3. The van der Waals surface area contributed by atoms with Crippen molar-refractivity contribution < 1.29 is 18.9 Å². The van der Waals surface area contributed by atoms with E-state index < -0.39 is 0 Å². The first-order valence-electron chi connectivity index (χ1n) is 6.29. The average molecular weight is 281 g/mol. The van der Waals surface area contributed by atoms with Gasteiger partial charge in [0.2, 0.25) is 0 Å². The third-order valence-electron chi connectivity index (χ3n) is 2.21. The Morgan fingerprint density at radius 3 is 2.35 bits per heavy atom. The zero-order valence-corrected chi connectivity index (χ0v) is 11.8. The van der Waals surface area contributed by atoms with Crippen LogP contribution in [0.15, 0.2) is 6.07 Å². The molecule has 0 atom stereocenters. The molecule has 7 heteroatoms. The molecule has 0 aromatic carbocycles. The maximum absolute atomic E-state index is 8.77.